The maximum atomic E-state index is 13.6. The molecule has 1 fully saturated rings. The molecule has 1 unspecified atom stereocenters. The number of nitrogens with one attached hydrogen (secondary N) is 1. The number of urea groups is 1. The molecule has 0 radical (unpaired) electrons. The second-order valence-corrected chi connectivity index (χ2v) is 8.74. The molecule has 6 nitrogen and oxygen atoms in total. The van der Waals surface area contributed by atoms with Crippen LogP contribution in [0, 0.1) is 11.6 Å². The van der Waals surface area contributed by atoms with E-state index in [2.05, 4.69) is 10.2 Å². The molecule has 3 aromatic carbocycles. The molecule has 1 N–H and O–H groups in total. The van der Waals surface area contributed by atoms with Crippen LogP contribution in [0.4, 0.5) is 13.6 Å². The number of carbonyl (C=O) groups is 2. The fourth-order valence-corrected chi connectivity index (χ4v) is 4.51. The maximum Gasteiger partial charge on any atom is 0.328 e. The Morgan fingerprint density at radius 3 is 1.86 bits per heavy atom. The highest BCUT2D eigenvalue weighted by Crippen LogP contribution is 2.30. The van der Waals surface area contributed by atoms with Crippen molar-refractivity contribution >= 4 is 12.0 Å². The minimum absolute atomic E-state index is 0.211. The molecule has 3 aromatic rings. The predicted octanol–water partition coefficient (Wildman–Crippen LogP) is 4.17. The Bertz CT molecular complexity index is 1100. The molecule has 2 amide bonds. The van der Waals surface area contributed by atoms with Gasteiger partial charge in [0, 0.05) is 32.6 Å². The summed E-state index contributed by atoms with van der Waals surface area (Å²) in [6.45, 7) is 1.97. The average Bonchev–Trinajstić information content (AvgIpc) is 2.91. The fraction of sp³-hybridized carbons (Fsp3) is 0.286. The zero-order chi connectivity index (χ0) is 25.5. The number of esters is 1. The quantitative estimate of drug-likeness (QED) is 0.502. The van der Waals surface area contributed by atoms with Crippen molar-refractivity contribution in [3.05, 3.63) is 107 Å². The minimum atomic E-state index is -0.797. The summed E-state index contributed by atoms with van der Waals surface area (Å²) < 4.78 is 32.0. The summed E-state index contributed by atoms with van der Waals surface area (Å²) >= 11 is 0. The molecule has 8 heteroatoms. The average molecular weight is 494 g/mol. The molecular formula is C28H29F2N3O3. The molecule has 1 aliphatic heterocycles. The van der Waals surface area contributed by atoms with Gasteiger partial charge in [0.1, 0.15) is 17.7 Å². The standard InChI is InChI=1S/C28H29F2N3O3/c1-36-27(34)25(19-20-5-3-2-4-6-20)31-28(35)33-17-15-32(16-18-33)26(21-7-11-23(29)12-8-21)22-9-13-24(30)14-10-22/h2-14,25-26H,15-19H2,1H3,(H,31,35). The zero-order valence-corrected chi connectivity index (χ0v) is 20.1. The van der Waals surface area contributed by atoms with Gasteiger partial charge >= 0.3 is 12.0 Å². The third-order valence-electron chi connectivity index (χ3n) is 6.40. The van der Waals surface area contributed by atoms with Gasteiger partial charge < -0.3 is 15.0 Å². The van der Waals surface area contributed by atoms with Crippen LogP contribution in [-0.4, -0.2) is 61.1 Å². The fourth-order valence-electron chi connectivity index (χ4n) is 4.51. The molecule has 0 spiro atoms. The number of halogens is 2. The summed E-state index contributed by atoms with van der Waals surface area (Å²) in [6.07, 6.45) is 0.330. The van der Waals surface area contributed by atoms with E-state index in [1.165, 1.54) is 31.4 Å². The van der Waals surface area contributed by atoms with Crippen molar-refractivity contribution in [2.75, 3.05) is 33.3 Å². The SMILES string of the molecule is COC(=O)C(Cc1ccccc1)NC(=O)N1CCN(C(c2ccc(F)cc2)c2ccc(F)cc2)CC1. The Kier molecular flexibility index (Phi) is 8.28. The van der Waals surface area contributed by atoms with Crippen LogP contribution in [0.15, 0.2) is 78.9 Å². The van der Waals surface area contributed by atoms with Crippen LogP contribution in [0.3, 0.4) is 0 Å². The molecule has 0 aromatic heterocycles. The lowest BCUT2D eigenvalue weighted by molar-refractivity contribution is -0.142. The first-order chi connectivity index (χ1) is 17.4. The zero-order valence-electron chi connectivity index (χ0n) is 20.1. The smallest absolute Gasteiger partial charge is 0.328 e. The highest BCUT2D eigenvalue weighted by atomic mass is 19.1. The van der Waals surface area contributed by atoms with Gasteiger partial charge in [-0.15, -0.1) is 0 Å². The summed E-state index contributed by atoms with van der Waals surface area (Å²) in [5.41, 5.74) is 2.68. The van der Waals surface area contributed by atoms with E-state index in [0.29, 0.717) is 32.6 Å². The van der Waals surface area contributed by atoms with Gasteiger partial charge in [-0.05, 0) is 41.0 Å². The molecule has 4 rings (SSSR count). The third kappa shape index (κ3) is 6.26. The summed E-state index contributed by atoms with van der Waals surface area (Å²) in [5, 5.41) is 2.82. The summed E-state index contributed by atoms with van der Waals surface area (Å²) in [7, 11) is 1.30. The van der Waals surface area contributed by atoms with E-state index in [1.54, 1.807) is 29.2 Å². The lowest BCUT2D eigenvalue weighted by Crippen LogP contribution is -2.55. The van der Waals surface area contributed by atoms with Crippen molar-refractivity contribution in [1.82, 2.24) is 15.1 Å². The highest BCUT2D eigenvalue weighted by molar-refractivity contribution is 5.84. The monoisotopic (exact) mass is 493 g/mol. The Morgan fingerprint density at radius 2 is 1.36 bits per heavy atom. The van der Waals surface area contributed by atoms with Crippen LogP contribution in [-0.2, 0) is 16.0 Å². The van der Waals surface area contributed by atoms with Crippen molar-refractivity contribution in [3.8, 4) is 0 Å². The van der Waals surface area contributed by atoms with Crippen LogP contribution >= 0.6 is 0 Å². The van der Waals surface area contributed by atoms with Gasteiger partial charge in [-0.3, -0.25) is 4.90 Å². The minimum Gasteiger partial charge on any atom is -0.467 e. The van der Waals surface area contributed by atoms with Crippen LogP contribution < -0.4 is 5.32 Å². The first-order valence-corrected chi connectivity index (χ1v) is 11.9. The number of nitrogens with zero attached hydrogens (tertiary/aromatic N) is 2. The van der Waals surface area contributed by atoms with Gasteiger partial charge in [0.05, 0.1) is 13.2 Å². The van der Waals surface area contributed by atoms with E-state index in [0.717, 1.165) is 16.7 Å². The number of rotatable bonds is 7. The van der Waals surface area contributed by atoms with Gasteiger partial charge in [-0.1, -0.05) is 54.6 Å². The van der Waals surface area contributed by atoms with Gasteiger partial charge in [-0.2, -0.15) is 0 Å². The third-order valence-corrected chi connectivity index (χ3v) is 6.40. The van der Waals surface area contributed by atoms with Crippen molar-refractivity contribution in [2.24, 2.45) is 0 Å². The van der Waals surface area contributed by atoms with Crippen molar-refractivity contribution in [1.29, 1.82) is 0 Å². The van der Waals surface area contributed by atoms with Crippen molar-refractivity contribution in [2.45, 2.75) is 18.5 Å². The van der Waals surface area contributed by atoms with Gasteiger partial charge in [0.15, 0.2) is 0 Å². The molecule has 1 atom stereocenters. The van der Waals surface area contributed by atoms with Crippen LogP contribution in [0.5, 0.6) is 0 Å². The predicted molar refractivity (Wildman–Crippen MR) is 132 cm³/mol. The highest BCUT2D eigenvalue weighted by Gasteiger charge is 2.30. The molecule has 0 saturated carbocycles. The van der Waals surface area contributed by atoms with E-state index in [4.69, 9.17) is 4.74 Å². The summed E-state index contributed by atoms with van der Waals surface area (Å²) in [6, 6.07) is 20.7. The Balaban J connectivity index is 1.44. The first-order valence-electron chi connectivity index (χ1n) is 11.9. The van der Waals surface area contributed by atoms with E-state index >= 15 is 0 Å². The van der Waals surface area contributed by atoms with Crippen molar-refractivity contribution < 1.29 is 23.1 Å². The lowest BCUT2D eigenvalue weighted by Gasteiger charge is -2.40. The lowest BCUT2D eigenvalue weighted by atomic mass is 9.96. The number of hydrogen-bond acceptors (Lipinski definition) is 4. The Labute approximate surface area is 209 Å². The number of carbonyl (C=O) groups excluding carboxylic acids is 2. The van der Waals surface area contributed by atoms with Crippen molar-refractivity contribution in [3.63, 3.8) is 0 Å². The van der Waals surface area contributed by atoms with E-state index in [9.17, 15) is 18.4 Å². The Hall–Kier alpha value is -3.78. The van der Waals surface area contributed by atoms with Gasteiger partial charge in [0.2, 0.25) is 0 Å². The first kappa shape index (κ1) is 25.3. The largest absolute Gasteiger partial charge is 0.467 e. The normalized spacial score (nSPS) is 14.9. The topological polar surface area (TPSA) is 61.9 Å². The number of methoxy groups -OCH3 is 1. The van der Waals surface area contributed by atoms with Crippen LogP contribution in [0.25, 0.3) is 0 Å². The number of benzene rings is 3. The van der Waals surface area contributed by atoms with E-state index in [-0.39, 0.29) is 23.7 Å². The van der Waals surface area contributed by atoms with Gasteiger partial charge in [0.25, 0.3) is 0 Å². The molecule has 1 saturated heterocycles. The van der Waals surface area contributed by atoms with E-state index < -0.39 is 12.0 Å². The number of hydrogen-bond donors (Lipinski definition) is 1. The number of piperazine rings is 1. The summed E-state index contributed by atoms with van der Waals surface area (Å²) in [5.74, 6) is -1.15. The van der Waals surface area contributed by atoms with Crippen LogP contribution in [0.1, 0.15) is 22.7 Å². The Morgan fingerprint density at radius 1 is 0.833 bits per heavy atom. The van der Waals surface area contributed by atoms with Gasteiger partial charge in [-0.25, -0.2) is 18.4 Å². The number of amides is 2. The maximum absolute atomic E-state index is 13.6. The molecule has 1 aliphatic rings. The number of ether oxygens (including phenoxy) is 1. The van der Waals surface area contributed by atoms with Crippen LogP contribution in [0.2, 0.25) is 0 Å². The molecule has 188 valence electrons. The molecule has 36 heavy (non-hydrogen) atoms. The molecule has 0 bridgehead atoms. The van der Waals surface area contributed by atoms with E-state index in [1.807, 2.05) is 30.3 Å². The second kappa shape index (κ2) is 11.8. The second-order valence-electron chi connectivity index (χ2n) is 8.74. The molecule has 1 heterocycles. The molecule has 0 aliphatic carbocycles. The molecular weight excluding hydrogens is 464 g/mol. The summed E-state index contributed by atoms with van der Waals surface area (Å²) in [4.78, 5) is 29.2.